The number of ether oxygens (including phenoxy) is 1. The van der Waals surface area contributed by atoms with E-state index in [1.54, 1.807) is 19.4 Å². The van der Waals surface area contributed by atoms with Crippen LogP contribution in [0.5, 0.6) is 5.88 Å². The van der Waals surface area contributed by atoms with Gasteiger partial charge in [-0.1, -0.05) is 73.3 Å². The van der Waals surface area contributed by atoms with Crippen LogP contribution in [-0.4, -0.2) is 41.8 Å². The lowest BCUT2D eigenvalue weighted by molar-refractivity contribution is 0.242. The van der Waals surface area contributed by atoms with Gasteiger partial charge in [-0.25, -0.2) is 24.7 Å². The van der Waals surface area contributed by atoms with E-state index in [4.69, 9.17) is 35.8 Å². The number of rotatable bonds is 7. The van der Waals surface area contributed by atoms with Gasteiger partial charge in [0.15, 0.2) is 5.65 Å². The van der Waals surface area contributed by atoms with E-state index >= 15 is 0 Å². The number of aromatic nitrogens is 7. The molecule has 0 atom stereocenters. The molecule has 10 nitrogen and oxygen atoms in total. The van der Waals surface area contributed by atoms with E-state index in [2.05, 4.69) is 56.9 Å². The van der Waals surface area contributed by atoms with Crippen LogP contribution in [0.15, 0.2) is 51.9 Å². The second-order valence-electron chi connectivity index (χ2n) is 11.7. The Bertz CT molecular complexity index is 1800. The summed E-state index contributed by atoms with van der Waals surface area (Å²) >= 11 is 6.47. The van der Waals surface area contributed by atoms with Gasteiger partial charge in [-0.3, -0.25) is 9.51 Å². The van der Waals surface area contributed by atoms with Crippen molar-refractivity contribution in [3.05, 3.63) is 69.6 Å². The van der Waals surface area contributed by atoms with Gasteiger partial charge >= 0.3 is 5.76 Å². The molecule has 2 fully saturated rings. The summed E-state index contributed by atoms with van der Waals surface area (Å²) in [4.78, 5) is 33.9. The number of nitrogens with one attached hydrogen (secondary N) is 1. The van der Waals surface area contributed by atoms with Crippen molar-refractivity contribution in [2.75, 3.05) is 7.11 Å². The molecular formula is C31H32ClN7O3. The molecule has 0 saturated heterocycles. The lowest BCUT2D eigenvalue weighted by atomic mass is 9.63. The molecule has 5 aromatic rings. The average molecular weight is 586 g/mol. The maximum Gasteiger partial charge on any atom is 0.439 e. The molecule has 7 rings (SSSR count). The Balaban J connectivity index is 1.52. The molecule has 0 radical (unpaired) electrons. The van der Waals surface area contributed by atoms with Crippen LogP contribution in [-0.2, 0) is 12.0 Å². The number of H-pyrrole nitrogens is 1. The van der Waals surface area contributed by atoms with E-state index in [9.17, 15) is 4.79 Å². The Morgan fingerprint density at radius 3 is 2.57 bits per heavy atom. The molecule has 0 aliphatic heterocycles. The van der Waals surface area contributed by atoms with Crippen LogP contribution >= 0.6 is 11.6 Å². The van der Waals surface area contributed by atoms with Crippen molar-refractivity contribution in [1.29, 1.82) is 0 Å². The Kier molecular flexibility index (Phi) is 6.80. The summed E-state index contributed by atoms with van der Waals surface area (Å²) in [5.41, 5.74) is 3.50. The van der Waals surface area contributed by atoms with E-state index < -0.39 is 5.76 Å². The molecule has 2 saturated carbocycles. The first kappa shape index (κ1) is 26.8. The third-order valence-corrected chi connectivity index (χ3v) is 9.27. The molecule has 2 aliphatic rings. The average Bonchev–Trinajstić information content (AvgIpc) is 3.57. The van der Waals surface area contributed by atoms with Gasteiger partial charge in [0.2, 0.25) is 17.5 Å². The quantitative estimate of drug-likeness (QED) is 0.240. The van der Waals surface area contributed by atoms with Crippen LogP contribution < -0.4 is 10.5 Å². The summed E-state index contributed by atoms with van der Waals surface area (Å²) in [5.74, 6) is 2.24. The molecule has 42 heavy (non-hydrogen) atoms. The molecule has 2 aliphatic carbocycles. The molecule has 1 N–H and O–H groups in total. The standard InChI is InChI=1S/C31H32ClN7O3/c1-18-9-11-19(12-10-18)17-39-24-23(22-15-21(32)16-33-28(22)41-2)34-26(27-37-30(40)42-38-27)35-25(24)36-29(39)31(13-6-14-31)20-7-4-3-5-8-20/h3-5,7-8,15-16,18-19H,6,9-14,17H2,1-2H3,(H,37,38,40). The Hall–Kier alpha value is -4.05. The van der Waals surface area contributed by atoms with Gasteiger partial charge in [-0.05, 0) is 49.1 Å². The molecule has 0 spiro atoms. The topological polar surface area (TPSA) is 125 Å². The largest absolute Gasteiger partial charge is 0.481 e. The first-order valence-electron chi connectivity index (χ1n) is 14.6. The lowest BCUT2D eigenvalue weighted by Gasteiger charge is -2.42. The second-order valence-corrected chi connectivity index (χ2v) is 12.1. The highest BCUT2D eigenvalue weighted by Crippen LogP contribution is 2.50. The van der Waals surface area contributed by atoms with Crippen LogP contribution in [0, 0.1) is 11.8 Å². The van der Waals surface area contributed by atoms with Crippen molar-refractivity contribution in [3.63, 3.8) is 0 Å². The fourth-order valence-corrected chi connectivity index (χ4v) is 6.81. The van der Waals surface area contributed by atoms with Crippen molar-refractivity contribution in [1.82, 2.24) is 34.6 Å². The monoisotopic (exact) mass is 585 g/mol. The number of benzene rings is 1. The first-order chi connectivity index (χ1) is 20.4. The van der Waals surface area contributed by atoms with Gasteiger partial charge < -0.3 is 9.30 Å². The summed E-state index contributed by atoms with van der Waals surface area (Å²) in [6.07, 6.45) is 9.42. The number of pyridine rings is 1. The minimum absolute atomic E-state index is 0.121. The maximum absolute atomic E-state index is 11.9. The number of hydrogen-bond acceptors (Lipinski definition) is 8. The van der Waals surface area contributed by atoms with Crippen molar-refractivity contribution < 1.29 is 9.26 Å². The predicted octanol–water partition coefficient (Wildman–Crippen LogP) is 6.19. The van der Waals surface area contributed by atoms with Gasteiger partial charge in [-0.15, -0.1) is 0 Å². The predicted molar refractivity (Wildman–Crippen MR) is 158 cm³/mol. The summed E-state index contributed by atoms with van der Waals surface area (Å²) in [7, 11) is 1.57. The molecular weight excluding hydrogens is 554 g/mol. The van der Waals surface area contributed by atoms with Crippen LogP contribution in [0.3, 0.4) is 0 Å². The summed E-state index contributed by atoms with van der Waals surface area (Å²) in [5, 5.41) is 4.31. The van der Waals surface area contributed by atoms with Crippen molar-refractivity contribution in [3.8, 4) is 28.8 Å². The highest BCUT2D eigenvalue weighted by molar-refractivity contribution is 6.30. The van der Waals surface area contributed by atoms with Crippen molar-refractivity contribution >= 4 is 22.8 Å². The fraction of sp³-hybridized carbons (Fsp3) is 0.419. The van der Waals surface area contributed by atoms with Crippen molar-refractivity contribution in [2.24, 2.45) is 11.8 Å². The highest BCUT2D eigenvalue weighted by Gasteiger charge is 2.45. The summed E-state index contributed by atoms with van der Waals surface area (Å²) in [6, 6.07) is 12.4. The minimum atomic E-state index is -0.688. The highest BCUT2D eigenvalue weighted by atomic mass is 35.5. The molecule has 216 valence electrons. The van der Waals surface area contributed by atoms with E-state index in [1.807, 2.05) is 0 Å². The second kappa shape index (κ2) is 10.7. The molecule has 11 heteroatoms. The molecule has 1 aromatic carbocycles. The van der Waals surface area contributed by atoms with Crippen LogP contribution in [0.25, 0.3) is 34.1 Å². The van der Waals surface area contributed by atoms with Gasteiger partial charge in [-0.2, -0.15) is 0 Å². The van der Waals surface area contributed by atoms with Crippen LogP contribution in [0.4, 0.5) is 0 Å². The van der Waals surface area contributed by atoms with Crippen molar-refractivity contribution in [2.45, 2.75) is 63.8 Å². The third kappa shape index (κ3) is 4.58. The first-order valence-corrected chi connectivity index (χ1v) is 14.9. The number of imidazole rings is 1. The Morgan fingerprint density at radius 2 is 1.90 bits per heavy atom. The number of aromatic amines is 1. The Morgan fingerprint density at radius 1 is 1.12 bits per heavy atom. The SMILES string of the molecule is COc1ncc(Cl)cc1-c1nc(-c2noc(=O)[nH]2)nc2nc(C3(c4ccccc4)CCC3)n(CC3CCC(C)CC3)c12. The van der Waals surface area contributed by atoms with Gasteiger partial charge in [0.25, 0.3) is 0 Å². The third-order valence-electron chi connectivity index (χ3n) is 9.06. The molecule has 0 bridgehead atoms. The molecule has 0 amide bonds. The van der Waals surface area contributed by atoms with E-state index in [1.165, 1.54) is 18.4 Å². The molecule has 0 unspecified atom stereocenters. The summed E-state index contributed by atoms with van der Waals surface area (Å²) in [6.45, 7) is 3.15. The van der Waals surface area contributed by atoms with Crippen LogP contribution in [0.1, 0.15) is 63.3 Å². The Labute approximate surface area is 247 Å². The molecule has 4 aromatic heterocycles. The summed E-state index contributed by atoms with van der Waals surface area (Å²) < 4.78 is 12.8. The van der Waals surface area contributed by atoms with Gasteiger partial charge in [0, 0.05) is 12.7 Å². The van der Waals surface area contributed by atoms with E-state index in [0.717, 1.165) is 55.9 Å². The van der Waals surface area contributed by atoms with Gasteiger partial charge in [0.05, 0.1) is 23.1 Å². The fourth-order valence-electron chi connectivity index (χ4n) is 6.66. The zero-order valence-electron chi connectivity index (χ0n) is 23.6. The number of fused-ring (bicyclic) bond motifs is 1. The number of nitrogens with zero attached hydrogens (tertiary/aromatic N) is 6. The number of methoxy groups -OCH3 is 1. The number of halogens is 1. The zero-order chi connectivity index (χ0) is 28.8. The maximum atomic E-state index is 11.9. The normalized spacial score (nSPS) is 20.0. The van der Waals surface area contributed by atoms with E-state index in [-0.39, 0.29) is 17.1 Å². The van der Waals surface area contributed by atoms with Gasteiger partial charge in [0.1, 0.15) is 17.0 Å². The van der Waals surface area contributed by atoms with Crippen LogP contribution in [0.2, 0.25) is 5.02 Å². The van der Waals surface area contributed by atoms with E-state index in [0.29, 0.717) is 33.7 Å². The number of hydrogen-bond donors (Lipinski definition) is 1. The molecule has 4 heterocycles. The lowest BCUT2D eigenvalue weighted by Crippen LogP contribution is -2.39. The smallest absolute Gasteiger partial charge is 0.439 e. The zero-order valence-corrected chi connectivity index (χ0v) is 24.4. The minimum Gasteiger partial charge on any atom is -0.481 e.